The first-order valence-corrected chi connectivity index (χ1v) is 6.04. The molecule has 0 aliphatic carbocycles. The van der Waals surface area contributed by atoms with Gasteiger partial charge in [-0.15, -0.1) is 0 Å². The Hall–Kier alpha value is -1.56. The second-order valence-electron chi connectivity index (χ2n) is 3.16. The Bertz CT molecular complexity index is 429. The number of nitrogens with zero attached hydrogens (tertiary/aromatic N) is 3. The van der Waals surface area contributed by atoms with Gasteiger partial charge in [-0.25, -0.2) is 9.97 Å². The lowest BCUT2D eigenvalue weighted by molar-refractivity contribution is 0.972. The van der Waals surface area contributed by atoms with Crippen LogP contribution in [0.1, 0.15) is 12.5 Å². The van der Waals surface area contributed by atoms with E-state index in [2.05, 4.69) is 32.4 Å². The predicted octanol–water partition coefficient (Wildman–Crippen LogP) is 1.92. The average Bonchev–Trinajstić information content (AvgIpc) is 2.80. The van der Waals surface area contributed by atoms with Crippen molar-refractivity contribution < 1.29 is 0 Å². The van der Waals surface area contributed by atoms with Crippen molar-refractivity contribution in [1.29, 1.82) is 0 Å². The van der Waals surface area contributed by atoms with Gasteiger partial charge in [0.15, 0.2) is 5.16 Å². The van der Waals surface area contributed by atoms with E-state index in [0.717, 1.165) is 23.3 Å². The summed E-state index contributed by atoms with van der Waals surface area (Å²) in [6.07, 6.45) is 3.33. The van der Waals surface area contributed by atoms with E-state index in [1.807, 2.05) is 18.3 Å². The molecule has 0 radical (unpaired) electrons. The lowest BCUT2D eigenvalue weighted by Crippen LogP contribution is -1.99. The number of aromatic amines is 1. The van der Waals surface area contributed by atoms with Crippen LogP contribution in [0.3, 0.4) is 0 Å². The maximum absolute atomic E-state index is 4.22. The number of pyridine rings is 1. The van der Waals surface area contributed by atoms with Gasteiger partial charge in [0.25, 0.3) is 0 Å². The molecule has 2 rings (SSSR count). The molecule has 0 aliphatic rings. The Kier molecular flexibility index (Phi) is 3.76. The molecule has 16 heavy (non-hydrogen) atoms. The number of aromatic nitrogens is 4. The van der Waals surface area contributed by atoms with Crippen LogP contribution < -0.4 is 5.32 Å². The third-order valence-corrected chi connectivity index (χ3v) is 2.90. The van der Waals surface area contributed by atoms with Crippen molar-refractivity contribution in [3.8, 4) is 0 Å². The van der Waals surface area contributed by atoms with E-state index in [1.165, 1.54) is 11.9 Å². The van der Waals surface area contributed by atoms with Crippen LogP contribution in [0, 0.1) is 0 Å². The van der Waals surface area contributed by atoms with Crippen LogP contribution in [-0.2, 0) is 5.75 Å². The molecule has 0 saturated carbocycles. The molecule has 6 heteroatoms. The molecular formula is C10H13N5S. The van der Waals surface area contributed by atoms with Crippen molar-refractivity contribution in [3.05, 3.63) is 30.2 Å². The highest BCUT2D eigenvalue weighted by molar-refractivity contribution is 7.98. The van der Waals surface area contributed by atoms with Crippen LogP contribution in [0.15, 0.2) is 29.8 Å². The largest absolute Gasteiger partial charge is 0.370 e. The van der Waals surface area contributed by atoms with Gasteiger partial charge in [0, 0.05) is 18.5 Å². The van der Waals surface area contributed by atoms with Gasteiger partial charge in [-0.2, -0.15) is 5.10 Å². The Morgan fingerprint density at radius 1 is 1.44 bits per heavy atom. The second-order valence-corrected chi connectivity index (χ2v) is 4.12. The summed E-state index contributed by atoms with van der Waals surface area (Å²) < 4.78 is 0. The van der Waals surface area contributed by atoms with Gasteiger partial charge in [0.05, 0.1) is 0 Å². The quantitative estimate of drug-likeness (QED) is 0.775. The molecular weight excluding hydrogens is 222 g/mol. The molecule has 0 saturated heterocycles. The fourth-order valence-electron chi connectivity index (χ4n) is 1.26. The van der Waals surface area contributed by atoms with Crippen LogP contribution in [0.4, 0.5) is 5.82 Å². The average molecular weight is 235 g/mol. The standard InChI is InChI=1S/C10H13N5S/c1-2-11-9-5-8(3-4-12-9)6-16-10-13-7-14-15-10/h3-5,7H,2,6H2,1H3,(H,11,12)(H,13,14,15). The first-order chi connectivity index (χ1) is 7.88. The topological polar surface area (TPSA) is 66.5 Å². The summed E-state index contributed by atoms with van der Waals surface area (Å²) in [6, 6.07) is 4.05. The number of anilines is 1. The van der Waals surface area contributed by atoms with Crippen molar-refractivity contribution in [1.82, 2.24) is 20.2 Å². The molecule has 5 nitrogen and oxygen atoms in total. The summed E-state index contributed by atoms with van der Waals surface area (Å²) in [7, 11) is 0. The molecule has 0 amide bonds. The van der Waals surface area contributed by atoms with Gasteiger partial charge in [-0.1, -0.05) is 11.8 Å². The first-order valence-electron chi connectivity index (χ1n) is 5.05. The Balaban J connectivity index is 1.96. The molecule has 2 aromatic rings. The van der Waals surface area contributed by atoms with E-state index in [4.69, 9.17) is 0 Å². The van der Waals surface area contributed by atoms with Gasteiger partial charge in [0.2, 0.25) is 0 Å². The third-order valence-electron chi connectivity index (χ3n) is 1.95. The minimum atomic E-state index is 0.835. The van der Waals surface area contributed by atoms with Crippen LogP contribution in [0.5, 0.6) is 0 Å². The van der Waals surface area contributed by atoms with Gasteiger partial charge in [-0.05, 0) is 24.6 Å². The number of hydrogen-bond acceptors (Lipinski definition) is 5. The molecule has 0 aromatic carbocycles. The molecule has 0 atom stereocenters. The number of hydrogen-bond donors (Lipinski definition) is 2. The van der Waals surface area contributed by atoms with E-state index in [9.17, 15) is 0 Å². The Labute approximate surface area is 98.1 Å². The van der Waals surface area contributed by atoms with Gasteiger partial charge >= 0.3 is 0 Å². The number of thioether (sulfide) groups is 1. The third kappa shape index (κ3) is 2.96. The Morgan fingerprint density at radius 3 is 3.12 bits per heavy atom. The fourth-order valence-corrected chi connectivity index (χ4v) is 1.98. The van der Waals surface area contributed by atoms with Crippen molar-refractivity contribution in [3.63, 3.8) is 0 Å². The highest BCUT2D eigenvalue weighted by Gasteiger charge is 2.00. The van der Waals surface area contributed by atoms with E-state index < -0.39 is 0 Å². The number of rotatable bonds is 5. The van der Waals surface area contributed by atoms with Crippen LogP contribution in [0.25, 0.3) is 0 Å². The van der Waals surface area contributed by atoms with Crippen molar-refractivity contribution in [2.45, 2.75) is 17.8 Å². The smallest absolute Gasteiger partial charge is 0.183 e. The van der Waals surface area contributed by atoms with Crippen molar-refractivity contribution >= 4 is 17.6 Å². The second kappa shape index (κ2) is 5.50. The number of H-pyrrole nitrogens is 1. The normalized spacial score (nSPS) is 10.3. The summed E-state index contributed by atoms with van der Waals surface area (Å²) in [4.78, 5) is 8.27. The van der Waals surface area contributed by atoms with Crippen molar-refractivity contribution in [2.24, 2.45) is 0 Å². The van der Waals surface area contributed by atoms with Gasteiger partial charge < -0.3 is 5.32 Å². The lowest BCUT2D eigenvalue weighted by Gasteiger charge is -2.04. The molecule has 0 fully saturated rings. The monoisotopic (exact) mass is 235 g/mol. The highest BCUT2D eigenvalue weighted by Crippen LogP contribution is 2.19. The molecule has 2 N–H and O–H groups in total. The maximum atomic E-state index is 4.22. The highest BCUT2D eigenvalue weighted by atomic mass is 32.2. The van der Waals surface area contributed by atoms with E-state index in [0.29, 0.717) is 0 Å². The van der Waals surface area contributed by atoms with E-state index in [1.54, 1.807) is 11.8 Å². The summed E-state index contributed by atoms with van der Waals surface area (Å²) in [6.45, 7) is 2.93. The number of nitrogens with one attached hydrogen (secondary N) is 2. The lowest BCUT2D eigenvalue weighted by atomic mass is 10.3. The zero-order valence-electron chi connectivity index (χ0n) is 8.97. The Morgan fingerprint density at radius 2 is 2.38 bits per heavy atom. The van der Waals surface area contributed by atoms with Crippen LogP contribution in [-0.4, -0.2) is 26.7 Å². The summed E-state index contributed by atoms with van der Waals surface area (Å²) >= 11 is 1.62. The van der Waals surface area contributed by atoms with Crippen LogP contribution >= 0.6 is 11.8 Å². The summed E-state index contributed by atoms with van der Waals surface area (Å²) in [5, 5.41) is 10.6. The summed E-state index contributed by atoms with van der Waals surface area (Å²) in [5.41, 5.74) is 1.22. The minimum Gasteiger partial charge on any atom is -0.370 e. The van der Waals surface area contributed by atoms with Gasteiger partial charge in [0.1, 0.15) is 12.1 Å². The minimum absolute atomic E-state index is 0.835. The molecule has 2 heterocycles. The fraction of sp³-hybridized carbons (Fsp3) is 0.300. The van der Waals surface area contributed by atoms with E-state index in [-0.39, 0.29) is 0 Å². The molecule has 0 bridgehead atoms. The summed E-state index contributed by atoms with van der Waals surface area (Å²) in [5.74, 6) is 1.77. The predicted molar refractivity (Wildman–Crippen MR) is 64.3 cm³/mol. The molecule has 84 valence electrons. The first kappa shape index (κ1) is 10.9. The van der Waals surface area contributed by atoms with Gasteiger partial charge in [-0.3, -0.25) is 5.10 Å². The molecule has 0 spiro atoms. The van der Waals surface area contributed by atoms with E-state index >= 15 is 0 Å². The van der Waals surface area contributed by atoms with Crippen molar-refractivity contribution in [2.75, 3.05) is 11.9 Å². The molecule has 0 unspecified atom stereocenters. The molecule has 0 aliphatic heterocycles. The zero-order chi connectivity index (χ0) is 11.2. The zero-order valence-corrected chi connectivity index (χ0v) is 9.79. The van der Waals surface area contributed by atoms with Crippen LogP contribution in [0.2, 0.25) is 0 Å². The SMILES string of the molecule is CCNc1cc(CSc2ncn[nH]2)ccn1. The molecule has 2 aromatic heterocycles. The maximum Gasteiger partial charge on any atom is 0.183 e.